The van der Waals surface area contributed by atoms with E-state index in [1.54, 1.807) is 0 Å². The lowest BCUT2D eigenvalue weighted by atomic mass is 9.81. The Bertz CT molecular complexity index is 668. The summed E-state index contributed by atoms with van der Waals surface area (Å²) in [5, 5.41) is 8.83. The second-order valence-corrected chi connectivity index (χ2v) is 7.88. The van der Waals surface area contributed by atoms with Crippen molar-refractivity contribution in [3.8, 4) is 0 Å². The van der Waals surface area contributed by atoms with Crippen LogP contribution in [0.1, 0.15) is 44.2 Å². The predicted octanol–water partition coefficient (Wildman–Crippen LogP) is 4.73. The number of aliphatic carboxylic acids is 1. The van der Waals surface area contributed by atoms with Gasteiger partial charge in [0.25, 0.3) is 0 Å². The van der Waals surface area contributed by atoms with E-state index < -0.39 is 5.97 Å². The maximum absolute atomic E-state index is 10.7. The van der Waals surface area contributed by atoms with Crippen molar-refractivity contribution in [1.82, 2.24) is 0 Å². The molecule has 2 aliphatic rings. The number of fused-ring (bicyclic) bond motifs is 1. The molecule has 3 rings (SSSR count). The third-order valence-corrected chi connectivity index (χ3v) is 5.64. The highest BCUT2D eigenvalue weighted by Gasteiger charge is 2.28. The predicted molar refractivity (Wildman–Crippen MR) is 91.5 cm³/mol. The molecule has 0 spiro atoms. The lowest BCUT2D eigenvalue weighted by Gasteiger charge is -2.32. The van der Waals surface area contributed by atoms with Gasteiger partial charge in [0.15, 0.2) is 0 Å². The zero-order valence-corrected chi connectivity index (χ0v) is 14.0. The molecule has 1 aromatic carbocycles. The Morgan fingerprint density at radius 3 is 2.95 bits per heavy atom. The van der Waals surface area contributed by atoms with Gasteiger partial charge in [-0.15, -0.1) is 11.8 Å². The van der Waals surface area contributed by atoms with Crippen LogP contribution in [0.4, 0.5) is 0 Å². The Balaban J connectivity index is 1.62. The molecule has 0 saturated heterocycles. The van der Waals surface area contributed by atoms with Gasteiger partial charge in [0.1, 0.15) is 0 Å². The molecular weight excluding hydrogens is 292 g/mol. The van der Waals surface area contributed by atoms with Crippen molar-refractivity contribution in [3.05, 3.63) is 52.6 Å². The Morgan fingerprint density at radius 2 is 2.23 bits per heavy atom. The highest BCUT2D eigenvalue weighted by molar-refractivity contribution is 7.99. The van der Waals surface area contributed by atoms with Gasteiger partial charge < -0.3 is 5.11 Å². The van der Waals surface area contributed by atoms with Crippen molar-refractivity contribution in [2.45, 2.75) is 49.8 Å². The SMILES string of the molecule is CC1(C)CCSc2ccc(CCC=CC3=C(C(=O)O)C3)cc21. The molecule has 0 fully saturated rings. The third kappa shape index (κ3) is 3.30. The Morgan fingerprint density at radius 1 is 1.41 bits per heavy atom. The van der Waals surface area contributed by atoms with E-state index in [2.05, 4.69) is 38.1 Å². The van der Waals surface area contributed by atoms with E-state index in [4.69, 9.17) is 5.11 Å². The van der Waals surface area contributed by atoms with Crippen molar-refractivity contribution >= 4 is 17.7 Å². The van der Waals surface area contributed by atoms with Gasteiger partial charge in [-0.05, 0) is 53.2 Å². The molecule has 22 heavy (non-hydrogen) atoms. The Hall–Kier alpha value is -1.48. The van der Waals surface area contributed by atoms with Crippen LogP contribution in [0.2, 0.25) is 0 Å². The van der Waals surface area contributed by atoms with Crippen molar-refractivity contribution in [2.24, 2.45) is 0 Å². The van der Waals surface area contributed by atoms with E-state index in [0.29, 0.717) is 12.0 Å². The highest BCUT2D eigenvalue weighted by Crippen LogP contribution is 2.41. The van der Waals surface area contributed by atoms with Crippen molar-refractivity contribution in [2.75, 3.05) is 5.75 Å². The summed E-state index contributed by atoms with van der Waals surface area (Å²) in [7, 11) is 0. The van der Waals surface area contributed by atoms with Gasteiger partial charge in [-0.2, -0.15) is 0 Å². The van der Waals surface area contributed by atoms with Crippen LogP contribution in [0.3, 0.4) is 0 Å². The van der Waals surface area contributed by atoms with E-state index in [0.717, 1.165) is 18.4 Å². The smallest absolute Gasteiger partial charge is 0.332 e. The first-order chi connectivity index (χ1) is 10.5. The number of hydrogen-bond acceptors (Lipinski definition) is 2. The van der Waals surface area contributed by atoms with Crippen LogP contribution < -0.4 is 0 Å². The molecule has 0 radical (unpaired) electrons. The summed E-state index contributed by atoms with van der Waals surface area (Å²) in [6.07, 6.45) is 7.94. The topological polar surface area (TPSA) is 37.3 Å². The molecule has 0 saturated carbocycles. The summed E-state index contributed by atoms with van der Waals surface area (Å²) >= 11 is 1.97. The average Bonchev–Trinajstić information content (AvgIpc) is 3.24. The molecule has 0 unspecified atom stereocenters. The largest absolute Gasteiger partial charge is 0.478 e. The summed E-state index contributed by atoms with van der Waals surface area (Å²) < 4.78 is 0. The molecule has 1 aliphatic heterocycles. The molecule has 2 nitrogen and oxygen atoms in total. The zero-order valence-electron chi connectivity index (χ0n) is 13.2. The Kier molecular flexibility index (Phi) is 4.18. The van der Waals surface area contributed by atoms with Crippen LogP contribution in [0.25, 0.3) is 0 Å². The summed E-state index contributed by atoms with van der Waals surface area (Å²) in [5.74, 6) is 0.442. The number of allylic oxidation sites excluding steroid dienone is 3. The van der Waals surface area contributed by atoms with E-state index in [1.807, 2.05) is 17.8 Å². The number of aryl methyl sites for hydroxylation is 1. The maximum Gasteiger partial charge on any atom is 0.332 e. The first kappa shape index (κ1) is 15.4. The lowest BCUT2D eigenvalue weighted by Crippen LogP contribution is -2.22. The quantitative estimate of drug-likeness (QED) is 0.853. The minimum absolute atomic E-state index is 0.279. The number of carbonyl (C=O) groups is 1. The van der Waals surface area contributed by atoms with Gasteiger partial charge in [0, 0.05) is 16.9 Å². The molecule has 0 bridgehead atoms. The molecular formula is C19H22O2S. The van der Waals surface area contributed by atoms with Crippen molar-refractivity contribution in [1.29, 1.82) is 0 Å². The van der Waals surface area contributed by atoms with Crippen LogP contribution in [-0.2, 0) is 16.6 Å². The monoisotopic (exact) mass is 314 g/mol. The Labute approximate surface area is 136 Å². The van der Waals surface area contributed by atoms with Gasteiger partial charge >= 0.3 is 5.97 Å². The summed E-state index contributed by atoms with van der Waals surface area (Å²) in [4.78, 5) is 12.2. The van der Waals surface area contributed by atoms with Gasteiger partial charge in [-0.25, -0.2) is 4.79 Å². The molecule has 0 atom stereocenters. The molecule has 0 amide bonds. The molecule has 116 valence electrons. The lowest BCUT2D eigenvalue weighted by molar-refractivity contribution is -0.132. The van der Waals surface area contributed by atoms with Crippen LogP contribution in [0, 0.1) is 0 Å². The van der Waals surface area contributed by atoms with Gasteiger partial charge in [-0.1, -0.05) is 38.1 Å². The molecule has 0 aromatic heterocycles. The fourth-order valence-electron chi connectivity index (χ4n) is 2.93. The number of carboxylic acids is 1. The van der Waals surface area contributed by atoms with E-state index in [-0.39, 0.29) is 5.41 Å². The average molecular weight is 314 g/mol. The summed E-state index contributed by atoms with van der Waals surface area (Å²) in [6.45, 7) is 4.67. The standard InChI is InChI=1S/C19H22O2S/c1-19(2)9-10-22-17-8-7-13(11-16(17)19)5-3-4-6-14-12-15(14)18(20)21/h4,6-8,11H,3,5,9-10,12H2,1-2H3,(H,20,21). The number of benzene rings is 1. The summed E-state index contributed by atoms with van der Waals surface area (Å²) in [5.41, 5.74) is 4.70. The maximum atomic E-state index is 10.7. The van der Waals surface area contributed by atoms with Crippen LogP contribution >= 0.6 is 11.8 Å². The van der Waals surface area contributed by atoms with E-state index in [1.165, 1.54) is 28.2 Å². The normalized spacial score (nSPS) is 19.4. The summed E-state index contributed by atoms with van der Waals surface area (Å²) in [6, 6.07) is 6.88. The first-order valence-corrected chi connectivity index (χ1v) is 8.84. The third-order valence-electron chi connectivity index (χ3n) is 4.56. The van der Waals surface area contributed by atoms with Gasteiger partial charge in [0.05, 0.1) is 0 Å². The van der Waals surface area contributed by atoms with E-state index in [9.17, 15) is 4.79 Å². The minimum atomic E-state index is -0.769. The molecule has 1 aromatic rings. The van der Waals surface area contributed by atoms with Gasteiger partial charge in [-0.3, -0.25) is 0 Å². The highest BCUT2D eigenvalue weighted by atomic mass is 32.2. The second kappa shape index (κ2) is 5.96. The fraction of sp³-hybridized carbons (Fsp3) is 0.421. The number of rotatable bonds is 5. The molecule has 1 N–H and O–H groups in total. The van der Waals surface area contributed by atoms with Crippen LogP contribution in [0.15, 0.2) is 46.4 Å². The molecule has 1 heterocycles. The minimum Gasteiger partial charge on any atom is -0.478 e. The van der Waals surface area contributed by atoms with Crippen LogP contribution in [0.5, 0.6) is 0 Å². The number of thioether (sulfide) groups is 1. The van der Waals surface area contributed by atoms with Gasteiger partial charge in [0.2, 0.25) is 0 Å². The first-order valence-electron chi connectivity index (χ1n) is 7.85. The zero-order chi connectivity index (χ0) is 15.7. The van der Waals surface area contributed by atoms with Crippen LogP contribution in [-0.4, -0.2) is 16.8 Å². The fourth-order valence-corrected chi connectivity index (χ4v) is 4.42. The second-order valence-electron chi connectivity index (χ2n) is 6.74. The van der Waals surface area contributed by atoms with Crippen molar-refractivity contribution in [3.63, 3.8) is 0 Å². The van der Waals surface area contributed by atoms with Crippen molar-refractivity contribution < 1.29 is 9.90 Å². The van der Waals surface area contributed by atoms with E-state index >= 15 is 0 Å². The molecule has 3 heteroatoms. The number of carboxylic acid groups (broad SMARTS) is 1. The number of hydrogen-bond donors (Lipinski definition) is 1. The molecule has 1 aliphatic carbocycles.